The summed E-state index contributed by atoms with van der Waals surface area (Å²) in [5.74, 6) is 1.74. The number of nitrogens with zero attached hydrogens (tertiary/aromatic N) is 3. The minimum Gasteiger partial charge on any atom is -0.326 e. The lowest BCUT2D eigenvalue weighted by atomic mass is 10.1. The van der Waals surface area contributed by atoms with Crippen LogP contribution in [0.15, 0.2) is 18.2 Å². The number of thiol groups is 1. The largest absolute Gasteiger partial charge is 0.326 e. The summed E-state index contributed by atoms with van der Waals surface area (Å²) >= 11 is 4.39. The van der Waals surface area contributed by atoms with Gasteiger partial charge >= 0.3 is 0 Å². The van der Waals surface area contributed by atoms with Crippen molar-refractivity contribution in [3.63, 3.8) is 0 Å². The van der Waals surface area contributed by atoms with Gasteiger partial charge in [-0.3, -0.25) is 0 Å². The molecule has 0 bridgehead atoms. The van der Waals surface area contributed by atoms with Crippen molar-refractivity contribution in [3.8, 4) is 0 Å². The lowest BCUT2D eigenvalue weighted by molar-refractivity contribution is 0.384. The van der Waals surface area contributed by atoms with Gasteiger partial charge in [-0.15, -0.1) is 0 Å². The van der Waals surface area contributed by atoms with Crippen LogP contribution in [0.25, 0.3) is 11.0 Å². The van der Waals surface area contributed by atoms with E-state index in [2.05, 4.69) is 66.3 Å². The molecule has 2 aromatic rings. The van der Waals surface area contributed by atoms with Crippen LogP contribution in [0.4, 0.5) is 0 Å². The van der Waals surface area contributed by atoms with Crippen LogP contribution in [0.2, 0.25) is 0 Å². The van der Waals surface area contributed by atoms with Gasteiger partial charge in [0.1, 0.15) is 5.82 Å². The van der Waals surface area contributed by atoms with Crippen molar-refractivity contribution in [2.24, 2.45) is 0 Å². The van der Waals surface area contributed by atoms with Gasteiger partial charge in [0.25, 0.3) is 0 Å². The summed E-state index contributed by atoms with van der Waals surface area (Å²) in [4.78, 5) is 6.87. The van der Waals surface area contributed by atoms with Crippen LogP contribution in [-0.4, -0.2) is 35.1 Å². The molecule has 0 unspecified atom stereocenters. The minimum atomic E-state index is 0.684. The number of hydrogen-bond donors (Lipinski definition) is 1. The molecule has 0 radical (unpaired) electrons. The van der Waals surface area contributed by atoms with E-state index in [0.29, 0.717) is 5.75 Å². The minimum absolute atomic E-state index is 0.684. The van der Waals surface area contributed by atoms with E-state index in [9.17, 15) is 0 Å². The monoisotopic (exact) mass is 263 g/mol. The highest BCUT2D eigenvalue weighted by Crippen LogP contribution is 2.19. The van der Waals surface area contributed by atoms with Crippen LogP contribution >= 0.6 is 12.6 Å². The Morgan fingerprint density at radius 3 is 2.72 bits per heavy atom. The maximum atomic E-state index is 4.69. The van der Waals surface area contributed by atoms with Gasteiger partial charge in [0.15, 0.2) is 0 Å². The Bertz CT molecular complexity index is 531. The molecule has 18 heavy (non-hydrogen) atoms. The number of aromatic nitrogens is 2. The van der Waals surface area contributed by atoms with Crippen molar-refractivity contribution < 1.29 is 0 Å². The number of fused-ring (bicyclic) bond motifs is 1. The van der Waals surface area contributed by atoms with E-state index in [1.807, 2.05) is 0 Å². The first-order valence-electron chi connectivity index (χ1n) is 6.39. The van der Waals surface area contributed by atoms with Crippen LogP contribution in [-0.2, 0) is 18.7 Å². The maximum absolute atomic E-state index is 4.69. The van der Waals surface area contributed by atoms with Gasteiger partial charge < -0.3 is 9.47 Å². The highest BCUT2D eigenvalue weighted by atomic mass is 32.1. The number of aryl methyl sites for hydroxylation is 1. The van der Waals surface area contributed by atoms with E-state index < -0.39 is 0 Å². The number of hydrogen-bond acceptors (Lipinski definition) is 3. The van der Waals surface area contributed by atoms with Crippen LogP contribution in [0.1, 0.15) is 18.3 Å². The van der Waals surface area contributed by atoms with Crippen molar-refractivity contribution in [1.29, 1.82) is 0 Å². The number of benzene rings is 1. The highest BCUT2D eigenvalue weighted by Gasteiger charge is 2.09. The number of imidazole rings is 1. The Balaban J connectivity index is 2.42. The normalized spacial score (nSPS) is 11.6. The van der Waals surface area contributed by atoms with Crippen LogP contribution in [0.3, 0.4) is 0 Å². The fourth-order valence-electron chi connectivity index (χ4n) is 2.12. The molecule has 2 rings (SSSR count). The third kappa shape index (κ3) is 2.70. The average molecular weight is 263 g/mol. The SMILES string of the molecule is CCc1ccc2c(c1)nc(CS)n2CCN(C)C. The molecule has 0 N–H and O–H groups in total. The quantitative estimate of drug-likeness (QED) is 0.837. The third-order valence-electron chi connectivity index (χ3n) is 3.21. The van der Waals surface area contributed by atoms with Gasteiger partial charge in [0.05, 0.1) is 11.0 Å². The zero-order valence-electron chi connectivity index (χ0n) is 11.3. The lowest BCUT2D eigenvalue weighted by Gasteiger charge is -2.12. The molecule has 0 saturated carbocycles. The van der Waals surface area contributed by atoms with Crippen molar-refractivity contribution >= 4 is 23.7 Å². The molecule has 3 nitrogen and oxygen atoms in total. The molecule has 1 aromatic carbocycles. The Hall–Kier alpha value is -1.00. The second-order valence-corrected chi connectivity index (χ2v) is 5.13. The fourth-order valence-corrected chi connectivity index (χ4v) is 2.36. The van der Waals surface area contributed by atoms with Crippen molar-refractivity contribution in [2.75, 3.05) is 20.6 Å². The first-order valence-corrected chi connectivity index (χ1v) is 7.02. The standard InChI is InChI=1S/C14H21N3S/c1-4-11-5-6-13-12(9-11)15-14(10-18)17(13)8-7-16(2)3/h5-6,9,18H,4,7-8,10H2,1-3H3. The van der Waals surface area contributed by atoms with E-state index >= 15 is 0 Å². The van der Waals surface area contributed by atoms with Gasteiger partial charge in [-0.2, -0.15) is 12.6 Å². The summed E-state index contributed by atoms with van der Waals surface area (Å²) in [5, 5.41) is 0. The van der Waals surface area contributed by atoms with Crippen molar-refractivity contribution in [1.82, 2.24) is 14.5 Å². The van der Waals surface area contributed by atoms with Gasteiger partial charge in [-0.05, 0) is 38.2 Å². The van der Waals surface area contributed by atoms with Crippen molar-refractivity contribution in [2.45, 2.75) is 25.6 Å². The summed E-state index contributed by atoms with van der Waals surface area (Å²) in [6.45, 7) is 4.15. The molecule has 1 aromatic heterocycles. The molecular formula is C14H21N3S. The first-order chi connectivity index (χ1) is 8.65. The van der Waals surface area contributed by atoms with E-state index in [1.54, 1.807) is 0 Å². The fraction of sp³-hybridized carbons (Fsp3) is 0.500. The Morgan fingerprint density at radius 2 is 2.11 bits per heavy atom. The summed E-state index contributed by atoms with van der Waals surface area (Å²) in [5.41, 5.74) is 3.65. The summed E-state index contributed by atoms with van der Waals surface area (Å²) in [6, 6.07) is 6.57. The molecule has 0 atom stereocenters. The van der Waals surface area contributed by atoms with E-state index in [-0.39, 0.29) is 0 Å². The Morgan fingerprint density at radius 1 is 1.33 bits per heavy atom. The lowest BCUT2D eigenvalue weighted by Crippen LogP contribution is -2.19. The summed E-state index contributed by atoms with van der Waals surface area (Å²) < 4.78 is 2.28. The molecule has 0 fully saturated rings. The molecule has 4 heteroatoms. The van der Waals surface area contributed by atoms with E-state index in [4.69, 9.17) is 0 Å². The first kappa shape index (κ1) is 13.4. The number of rotatable bonds is 5. The predicted molar refractivity (Wildman–Crippen MR) is 80.4 cm³/mol. The molecule has 0 amide bonds. The molecule has 0 aliphatic rings. The highest BCUT2D eigenvalue weighted by molar-refractivity contribution is 7.79. The van der Waals surface area contributed by atoms with Crippen LogP contribution in [0, 0.1) is 0 Å². The molecule has 1 heterocycles. The third-order valence-corrected chi connectivity index (χ3v) is 3.50. The second kappa shape index (κ2) is 5.76. The number of likely N-dealkylation sites (N-methyl/N-ethyl adjacent to an activating group) is 1. The van der Waals surface area contributed by atoms with Crippen LogP contribution in [0.5, 0.6) is 0 Å². The summed E-state index contributed by atoms with van der Waals surface area (Å²) in [7, 11) is 4.18. The molecular weight excluding hydrogens is 242 g/mol. The summed E-state index contributed by atoms with van der Waals surface area (Å²) in [6.07, 6.45) is 1.05. The van der Waals surface area contributed by atoms with E-state index in [0.717, 1.165) is 30.9 Å². The van der Waals surface area contributed by atoms with Gasteiger partial charge in [-0.25, -0.2) is 4.98 Å². The average Bonchev–Trinajstić information content (AvgIpc) is 2.72. The second-order valence-electron chi connectivity index (χ2n) is 4.82. The van der Waals surface area contributed by atoms with Gasteiger partial charge in [-0.1, -0.05) is 13.0 Å². The van der Waals surface area contributed by atoms with Crippen molar-refractivity contribution in [3.05, 3.63) is 29.6 Å². The molecule has 0 aliphatic heterocycles. The molecule has 98 valence electrons. The zero-order chi connectivity index (χ0) is 13.1. The molecule has 0 saturated heterocycles. The maximum Gasteiger partial charge on any atom is 0.119 e. The topological polar surface area (TPSA) is 21.1 Å². The van der Waals surface area contributed by atoms with E-state index in [1.165, 1.54) is 11.1 Å². The molecule has 0 spiro atoms. The van der Waals surface area contributed by atoms with Gasteiger partial charge in [0.2, 0.25) is 0 Å². The molecule has 0 aliphatic carbocycles. The Kier molecular flexibility index (Phi) is 4.30. The van der Waals surface area contributed by atoms with Crippen LogP contribution < -0.4 is 0 Å². The smallest absolute Gasteiger partial charge is 0.119 e. The Labute approximate surface area is 114 Å². The van der Waals surface area contributed by atoms with Gasteiger partial charge in [0, 0.05) is 18.8 Å². The zero-order valence-corrected chi connectivity index (χ0v) is 12.2. The predicted octanol–water partition coefficient (Wildman–Crippen LogP) is 2.59.